The molecule has 258 valence electrons. The molecule has 2 aliphatic carbocycles. The van der Waals surface area contributed by atoms with Gasteiger partial charge in [0.25, 0.3) is 0 Å². The quantitative estimate of drug-likeness (QED) is 0.107. The van der Waals surface area contributed by atoms with Crippen LogP contribution in [0.4, 0.5) is 0 Å². The lowest BCUT2D eigenvalue weighted by atomic mass is 9.73. The third-order valence-electron chi connectivity index (χ3n) is 9.60. The van der Waals surface area contributed by atoms with Crippen LogP contribution in [0.5, 0.6) is 5.75 Å². The topological polar surface area (TPSA) is 88.1 Å². The molecule has 2 fully saturated rings. The molecule has 0 atom stereocenters. The van der Waals surface area contributed by atoms with Gasteiger partial charge in [0.15, 0.2) is 0 Å². The Hall–Kier alpha value is -4.13. The molecule has 2 aliphatic rings. The van der Waals surface area contributed by atoms with Gasteiger partial charge in [-0.05, 0) is 92.7 Å². The molecule has 0 amide bonds. The summed E-state index contributed by atoms with van der Waals surface area (Å²) in [7, 11) is 0. The summed E-state index contributed by atoms with van der Waals surface area (Å²) in [5.41, 5.74) is 2.96. The maximum atomic E-state index is 12.5. The van der Waals surface area contributed by atoms with Crippen molar-refractivity contribution in [1.29, 1.82) is 0 Å². The summed E-state index contributed by atoms with van der Waals surface area (Å²) in [6, 6.07) is 15.8. The molecule has 0 radical (unpaired) electrons. The Kier molecular flexibility index (Phi) is 13.7. The smallest absolute Gasteiger partial charge is 0.333 e. The number of benzene rings is 2. The fraction of sp³-hybridized carbons (Fsp3) is 0.488. The van der Waals surface area contributed by atoms with Crippen molar-refractivity contribution in [3.8, 4) is 16.9 Å². The molecule has 2 aromatic carbocycles. The molecule has 0 aliphatic heterocycles. The first-order chi connectivity index (χ1) is 23.0. The zero-order chi connectivity index (χ0) is 34.5. The molecule has 0 saturated heterocycles. The summed E-state index contributed by atoms with van der Waals surface area (Å²) in [6.07, 6.45) is 15.1. The first-order valence-corrected chi connectivity index (χ1v) is 17.4. The van der Waals surface area contributed by atoms with E-state index in [0.717, 1.165) is 41.4 Å². The van der Waals surface area contributed by atoms with Gasteiger partial charge in [-0.1, -0.05) is 88.6 Å². The summed E-state index contributed by atoms with van der Waals surface area (Å²) in [5.74, 6) is 1.14. The van der Waals surface area contributed by atoms with Crippen molar-refractivity contribution in [3.05, 3.63) is 84.5 Å². The Morgan fingerprint density at radius 1 is 0.750 bits per heavy atom. The van der Waals surface area contributed by atoms with E-state index in [1.54, 1.807) is 13.8 Å². The SMILES string of the molecule is C=C(C)C(=O)OCC(C)(CCOc1ccc(-c2ccc(/C=C/C(=O)OC3CCC(C4CCCCC4)CC3)cc2)cc1)COC(=O)C(=C)C. The number of ether oxygens (including phenoxy) is 4. The number of esters is 3. The van der Waals surface area contributed by atoms with Gasteiger partial charge in [0.1, 0.15) is 25.1 Å². The fourth-order valence-electron chi connectivity index (χ4n) is 6.51. The average Bonchev–Trinajstić information content (AvgIpc) is 3.10. The van der Waals surface area contributed by atoms with Crippen LogP contribution in [-0.4, -0.2) is 43.8 Å². The summed E-state index contributed by atoms with van der Waals surface area (Å²) < 4.78 is 22.5. The standard InChI is InChI=1S/C41H52O7/c1-29(2)39(43)46-27-41(5,28-47-40(44)30(3)4)25-26-45-36-20-16-35(17-21-36)33-14-11-31(12-15-33)13-24-38(42)48-37-22-18-34(19-23-37)32-9-7-6-8-10-32/h11-17,20-21,24,32,34,37H,1,3,6-10,18-19,22-23,25-28H2,2,4-5H3/b24-13+. The number of carbonyl (C=O) groups is 3. The molecule has 7 nitrogen and oxygen atoms in total. The van der Waals surface area contributed by atoms with Gasteiger partial charge >= 0.3 is 17.9 Å². The van der Waals surface area contributed by atoms with Crippen molar-refractivity contribution in [1.82, 2.24) is 0 Å². The Morgan fingerprint density at radius 3 is 1.81 bits per heavy atom. The second-order valence-electron chi connectivity index (χ2n) is 14.0. The van der Waals surface area contributed by atoms with Gasteiger partial charge in [0, 0.05) is 22.6 Å². The molecular formula is C41H52O7. The van der Waals surface area contributed by atoms with Gasteiger partial charge in [0.05, 0.1) is 6.61 Å². The van der Waals surface area contributed by atoms with Gasteiger partial charge in [-0.25, -0.2) is 14.4 Å². The minimum absolute atomic E-state index is 0.0403. The van der Waals surface area contributed by atoms with Crippen molar-refractivity contribution in [2.75, 3.05) is 19.8 Å². The maximum absolute atomic E-state index is 12.5. The van der Waals surface area contributed by atoms with E-state index < -0.39 is 17.4 Å². The van der Waals surface area contributed by atoms with Gasteiger partial charge in [0.2, 0.25) is 0 Å². The van der Waals surface area contributed by atoms with Crippen LogP contribution in [0.1, 0.15) is 90.5 Å². The lowest BCUT2D eigenvalue weighted by molar-refractivity contribution is -0.149. The van der Waals surface area contributed by atoms with Crippen LogP contribution < -0.4 is 4.74 Å². The third-order valence-corrected chi connectivity index (χ3v) is 9.60. The van der Waals surface area contributed by atoms with E-state index in [1.807, 2.05) is 61.5 Å². The maximum Gasteiger partial charge on any atom is 0.333 e. The van der Waals surface area contributed by atoms with Gasteiger partial charge in [-0.3, -0.25) is 0 Å². The van der Waals surface area contributed by atoms with Crippen LogP contribution in [0.25, 0.3) is 17.2 Å². The van der Waals surface area contributed by atoms with Crippen molar-refractivity contribution < 1.29 is 33.3 Å². The first-order valence-electron chi connectivity index (χ1n) is 17.4. The molecule has 0 N–H and O–H groups in total. The van der Waals surface area contributed by atoms with E-state index in [2.05, 4.69) is 13.2 Å². The molecule has 7 heteroatoms. The molecular weight excluding hydrogens is 604 g/mol. The second kappa shape index (κ2) is 17.9. The summed E-state index contributed by atoms with van der Waals surface area (Å²) in [6.45, 7) is 12.7. The highest BCUT2D eigenvalue weighted by Crippen LogP contribution is 2.39. The van der Waals surface area contributed by atoms with Crippen LogP contribution >= 0.6 is 0 Å². The number of rotatable bonds is 15. The molecule has 0 spiro atoms. The van der Waals surface area contributed by atoms with Crippen molar-refractivity contribution in [3.63, 3.8) is 0 Å². The van der Waals surface area contributed by atoms with Crippen LogP contribution in [0.3, 0.4) is 0 Å². The molecule has 2 aromatic rings. The molecule has 0 aromatic heterocycles. The Labute approximate surface area is 286 Å². The van der Waals surface area contributed by atoms with E-state index in [1.165, 1.54) is 51.0 Å². The van der Waals surface area contributed by atoms with Crippen LogP contribution in [0.2, 0.25) is 0 Å². The van der Waals surface area contributed by atoms with Gasteiger partial charge < -0.3 is 18.9 Å². The van der Waals surface area contributed by atoms with Crippen LogP contribution in [-0.2, 0) is 28.6 Å². The minimum atomic E-state index is -0.656. The summed E-state index contributed by atoms with van der Waals surface area (Å²) >= 11 is 0. The minimum Gasteiger partial charge on any atom is -0.494 e. The summed E-state index contributed by atoms with van der Waals surface area (Å²) in [5, 5.41) is 0. The lowest BCUT2D eigenvalue weighted by Gasteiger charge is -2.35. The van der Waals surface area contributed by atoms with E-state index >= 15 is 0 Å². The molecule has 4 rings (SSSR count). The van der Waals surface area contributed by atoms with Crippen molar-refractivity contribution in [2.24, 2.45) is 17.3 Å². The van der Waals surface area contributed by atoms with Crippen LogP contribution in [0, 0.1) is 17.3 Å². The highest BCUT2D eigenvalue weighted by molar-refractivity contribution is 5.88. The molecule has 48 heavy (non-hydrogen) atoms. The molecule has 0 bridgehead atoms. The van der Waals surface area contributed by atoms with E-state index in [-0.39, 0.29) is 25.3 Å². The molecule has 0 unspecified atom stereocenters. The van der Waals surface area contributed by atoms with E-state index in [4.69, 9.17) is 18.9 Å². The second-order valence-corrected chi connectivity index (χ2v) is 14.0. The Morgan fingerprint density at radius 2 is 1.27 bits per heavy atom. The lowest BCUT2D eigenvalue weighted by Crippen LogP contribution is -2.33. The van der Waals surface area contributed by atoms with Gasteiger partial charge in [-0.2, -0.15) is 0 Å². The monoisotopic (exact) mass is 656 g/mol. The number of hydrogen-bond acceptors (Lipinski definition) is 7. The predicted octanol–water partition coefficient (Wildman–Crippen LogP) is 9.06. The fourth-order valence-corrected chi connectivity index (χ4v) is 6.51. The highest BCUT2D eigenvalue weighted by atomic mass is 16.6. The Balaban J connectivity index is 1.22. The zero-order valence-electron chi connectivity index (χ0n) is 29.0. The van der Waals surface area contributed by atoms with Gasteiger partial charge in [-0.15, -0.1) is 0 Å². The van der Waals surface area contributed by atoms with E-state index in [0.29, 0.717) is 29.9 Å². The largest absolute Gasteiger partial charge is 0.494 e. The first kappa shape index (κ1) is 36.7. The molecule has 2 saturated carbocycles. The summed E-state index contributed by atoms with van der Waals surface area (Å²) in [4.78, 5) is 36.5. The van der Waals surface area contributed by atoms with Crippen molar-refractivity contribution >= 4 is 24.0 Å². The highest BCUT2D eigenvalue weighted by Gasteiger charge is 2.30. The molecule has 0 heterocycles. The van der Waals surface area contributed by atoms with E-state index in [9.17, 15) is 14.4 Å². The Bertz CT molecular complexity index is 1390. The number of hydrogen-bond donors (Lipinski definition) is 0. The third kappa shape index (κ3) is 11.5. The van der Waals surface area contributed by atoms with Crippen LogP contribution in [0.15, 0.2) is 78.9 Å². The normalized spacial score (nSPS) is 18.6. The van der Waals surface area contributed by atoms with Crippen molar-refractivity contribution in [2.45, 2.75) is 91.1 Å². The number of carbonyl (C=O) groups excluding carboxylic acids is 3. The average molecular weight is 657 g/mol. The zero-order valence-corrected chi connectivity index (χ0v) is 29.0. The predicted molar refractivity (Wildman–Crippen MR) is 189 cm³/mol.